The number of nitrogens with zero attached hydrogens (tertiary/aromatic N) is 1. The molecule has 4 rings (SSSR count). The summed E-state index contributed by atoms with van der Waals surface area (Å²) < 4.78 is 32.7. The number of ether oxygens (including phenoxy) is 1. The Balaban J connectivity index is 1.57. The second kappa shape index (κ2) is 10.9. The van der Waals surface area contributed by atoms with Crippen LogP contribution in [0.5, 0.6) is 5.75 Å². The minimum Gasteiger partial charge on any atom is -0.497 e. The number of carboxylic acid groups (broad SMARTS) is 1. The summed E-state index contributed by atoms with van der Waals surface area (Å²) in [4.78, 5) is 12.2. The molecule has 1 N–H and O–H groups in total. The van der Waals surface area contributed by atoms with Crippen LogP contribution in [0.1, 0.15) is 27.0 Å². The lowest BCUT2D eigenvalue weighted by molar-refractivity contribution is 0.0697. The summed E-state index contributed by atoms with van der Waals surface area (Å²) in [5.41, 5.74) is 4.94. The first-order valence-corrected chi connectivity index (χ1v) is 13.3. The highest BCUT2D eigenvalue weighted by Crippen LogP contribution is 2.32. The van der Waals surface area contributed by atoms with Crippen LogP contribution in [0.25, 0.3) is 11.1 Å². The molecular weight excluding hydrogens is 486 g/mol. The van der Waals surface area contributed by atoms with Crippen LogP contribution in [0.2, 0.25) is 0 Å². The van der Waals surface area contributed by atoms with Crippen molar-refractivity contribution in [1.29, 1.82) is 0 Å². The molecule has 0 aliphatic carbocycles. The number of anilines is 1. The summed E-state index contributed by atoms with van der Waals surface area (Å²) in [5.74, 6) is -0.646. The molecule has 0 saturated carbocycles. The van der Waals surface area contributed by atoms with Gasteiger partial charge in [0.1, 0.15) is 5.75 Å². The lowest BCUT2D eigenvalue weighted by Crippen LogP contribution is -2.29. The molecule has 0 fully saturated rings. The van der Waals surface area contributed by atoms with Crippen LogP contribution in [0.3, 0.4) is 0 Å². The second-order valence-corrected chi connectivity index (χ2v) is 10.8. The molecular formula is C30H29NO5S. The maximum absolute atomic E-state index is 13.3. The van der Waals surface area contributed by atoms with E-state index in [1.807, 2.05) is 24.3 Å². The first kappa shape index (κ1) is 26.0. The summed E-state index contributed by atoms with van der Waals surface area (Å²) in [5, 5.41) is 9.95. The third kappa shape index (κ3) is 5.67. The van der Waals surface area contributed by atoms with Crippen molar-refractivity contribution in [3.05, 3.63) is 113 Å². The first-order chi connectivity index (χ1) is 17.7. The lowest BCUT2D eigenvalue weighted by Gasteiger charge is -2.24. The standard InChI is InChI=1S/C30H29NO5S/c1-21-19-23(10-9-22-11-13-25(14-12-22)24-7-5-4-6-8-24)20-28(30(32)33)29(21)31(2)37(34,35)27-17-15-26(36-3)16-18-27/h4-8,11-20H,9-10H2,1-3H3,(H,32,33). The van der Waals surface area contributed by atoms with Crippen LogP contribution in [0.15, 0.2) is 95.9 Å². The Morgan fingerprint density at radius 1 is 0.838 bits per heavy atom. The predicted octanol–water partition coefficient (Wildman–Crippen LogP) is 5.98. The van der Waals surface area contributed by atoms with Gasteiger partial charge in [-0.05, 0) is 77.9 Å². The topological polar surface area (TPSA) is 83.9 Å². The number of carbonyl (C=O) groups is 1. The van der Waals surface area contributed by atoms with Crippen LogP contribution in [0.4, 0.5) is 5.69 Å². The third-order valence-electron chi connectivity index (χ3n) is 6.39. The van der Waals surface area contributed by atoms with E-state index in [0.717, 1.165) is 33.0 Å². The Kier molecular flexibility index (Phi) is 7.64. The molecule has 0 bridgehead atoms. The summed E-state index contributed by atoms with van der Waals surface area (Å²) in [6, 6.07) is 27.9. The Morgan fingerprint density at radius 2 is 1.43 bits per heavy atom. The van der Waals surface area contributed by atoms with Crippen molar-refractivity contribution < 1.29 is 23.1 Å². The number of benzene rings is 4. The first-order valence-electron chi connectivity index (χ1n) is 11.8. The van der Waals surface area contributed by atoms with Gasteiger partial charge in [0.15, 0.2) is 0 Å². The molecule has 0 aliphatic heterocycles. The maximum Gasteiger partial charge on any atom is 0.337 e. The third-order valence-corrected chi connectivity index (χ3v) is 8.16. The molecule has 4 aromatic rings. The van der Waals surface area contributed by atoms with E-state index in [-0.39, 0.29) is 16.1 Å². The van der Waals surface area contributed by atoms with Crippen LogP contribution in [0, 0.1) is 6.92 Å². The minimum absolute atomic E-state index is 0.0472. The van der Waals surface area contributed by atoms with Crippen LogP contribution < -0.4 is 9.04 Å². The maximum atomic E-state index is 13.3. The number of carboxylic acids is 1. The summed E-state index contributed by atoms with van der Waals surface area (Å²) in [7, 11) is -1.10. The van der Waals surface area contributed by atoms with Crippen LogP contribution in [-0.4, -0.2) is 33.7 Å². The molecule has 37 heavy (non-hydrogen) atoms. The molecule has 190 valence electrons. The molecule has 0 radical (unpaired) electrons. The van der Waals surface area contributed by atoms with Crippen molar-refractivity contribution in [3.8, 4) is 16.9 Å². The fraction of sp³-hybridized carbons (Fsp3) is 0.167. The van der Waals surface area contributed by atoms with Gasteiger partial charge in [0, 0.05) is 7.05 Å². The molecule has 0 aliphatic rings. The van der Waals surface area contributed by atoms with Crippen molar-refractivity contribution >= 4 is 21.7 Å². The molecule has 0 spiro atoms. The highest BCUT2D eigenvalue weighted by molar-refractivity contribution is 7.92. The van der Waals surface area contributed by atoms with Crippen molar-refractivity contribution in [3.63, 3.8) is 0 Å². The summed E-state index contributed by atoms with van der Waals surface area (Å²) in [6.45, 7) is 1.74. The molecule has 0 unspecified atom stereocenters. The number of sulfonamides is 1. The van der Waals surface area contributed by atoms with Crippen molar-refractivity contribution in [1.82, 2.24) is 0 Å². The number of hydrogen-bond donors (Lipinski definition) is 1. The average Bonchev–Trinajstić information content (AvgIpc) is 2.92. The Labute approximate surface area is 217 Å². The number of aromatic carboxylic acids is 1. The zero-order valence-corrected chi connectivity index (χ0v) is 21.8. The van der Waals surface area contributed by atoms with Crippen LogP contribution >= 0.6 is 0 Å². The van der Waals surface area contributed by atoms with Gasteiger partial charge >= 0.3 is 5.97 Å². The number of hydrogen-bond acceptors (Lipinski definition) is 4. The number of methoxy groups -OCH3 is 1. The smallest absolute Gasteiger partial charge is 0.337 e. The average molecular weight is 516 g/mol. The molecule has 4 aromatic carbocycles. The highest BCUT2D eigenvalue weighted by Gasteiger charge is 2.27. The van der Waals surface area contributed by atoms with Gasteiger partial charge in [-0.1, -0.05) is 60.7 Å². The number of rotatable bonds is 9. The van der Waals surface area contributed by atoms with Gasteiger partial charge in [-0.25, -0.2) is 13.2 Å². The Bertz CT molecular complexity index is 1500. The lowest BCUT2D eigenvalue weighted by atomic mass is 9.97. The predicted molar refractivity (Wildman–Crippen MR) is 146 cm³/mol. The van der Waals surface area contributed by atoms with Crippen molar-refractivity contribution in [2.24, 2.45) is 0 Å². The molecule has 6 nitrogen and oxygen atoms in total. The van der Waals surface area contributed by atoms with Gasteiger partial charge in [0.2, 0.25) is 0 Å². The summed E-state index contributed by atoms with van der Waals surface area (Å²) in [6.07, 6.45) is 1.36. The Morgan fingerprint density at radius 3 is 2.03 bits per heavy atom. The molecule has 7 heteroatoms. The van der Waals surface area contributed by atoms with Crippen LogP contribution in [-0.2, 0) is 22.9 Å². The van der Waals surface area contributed by atoms with E-state index >= 15 is 0 Å². The molecule has 0 atom stereocenters. The highest BCUT2D eigenvalue weighted by atomic mass is 32.2. The fourth-order valence-electron chi connectivity index (χ4n) is 4.39. The normalized spacial score (nSPS) is 11.2. The summed E-state index contributed by atoms with van der Waals surface area (Å²) >= 11 is 0. The van der Waals surface area contributed by atoms with Gasteiger partial charge < -0.3 is 9.84 Å². The molecule has 0 aromatic heterocycles. The van der Waals surface area contributed by atoms with Gasteiger partial charge in [-0.3, -0.25) is 4.31 Å². The zero-order valence-electron chi connectivity index (χ0n) is 21.0. The quantitative estimate of drug-likeness (QED) is 0.297. The van der Waals surface area contributed by atoms with E-state index in [2.05, 4.69) is 36.4 Å². The Hall–Kier alpha value is -4.10. The van der Waals surface area contributed by atoms with E-state index in [1.165, 1.54) is 26.3 Å². The number of aryl methyl sites for hydroxylation is 3. The van der Waals surface area contributed by atoms with E-state index in [1.54, 1.807) is 25.1 Å². The van der Waals surface area contributed by atoms with Gasteiger partial charge in [0.05, 0.1) is 23.3 Å². The van der Waals surface area contributed by atoms with E-state index < -0.39 is 16.0 Å². The minimum atomic E-state index is -3.98. The second-order valence-electron chi connectivity index (χ2n) is 8.83. The monoisotopic (exact) mass is 515 g/mol. The fourth-order valence-corrected chi connectivity index (χ4v) is 5.67. The van der Waals surface area contributed by atoms with Crippen molar-refractivity contribution in [2.75, 3.05) is 18.5 Å². The molecule has 0 amide bonds. The van der Waals surface area contributed by atoms with E-state index in [4.69, 9.17) is 4.74 Å². The zero-order chi connectivity index (χ0) is 26.6. The SMILES string of the molecule is COc1ccc(S(=O)(=O)N(C)c2c(C)cc(CCc3ccc(-c4ccccc4)cc3)cc2C(=O)O)cc1. The van der Waals surface area contributed by atoms with Gasteiger partial charge in [-0.15, -0.1) is 0 Å². The molecule has 0 heterocycles. The van der Waals surface area contributed by atoms with Crippen molar-refractivity contribution in [2.45, 2.75) is 24.7 Å². The van der Waals surface area contributed by atoms with Gasteiger partial charge in [0.25, 0.3) is 10.0 Å². The van der Waals surface area contributed by atoms with Gasteiger partial charge in [-0.2, -0.15) is 0 Å². The van der Waals surface area contributed by atoms with E-state index in [0.29, 0.717) is 17.7 Å². The van der Waals surface area contributed by atoms with E-state index in [9.17, 15) is 18.3 Å². The molecule has 0 saturated heterocycles. The largest absolute Gasteiger partial charge is 0.497 e.